The first-order valence-corrected chi connectivity index (χ1v) is 10.1. The molecule has 0 aliphatic rings. The first-order valence-electron chi connectivity index (χ1n) is 9.70. The number of rotatable bonds is 4. The smallest absolute Gasteiger partial charge is 0.360 e. The number of hydrogen-bond donors (Lipinski definition) is 1. The van der Waals surface area contributed by atoms with Gasteiger partial charge < -0.3 is 14.2 Å². The molecule has 6 heteroatoms. The summed E-state index contributed by atoms with van der Waals surface area (Å²) in [7, 11) is 0. The first kappa shape index (κ1) is 19.2. The fourth-order valence-electron chi connectivity index (χ4n) is 3.28. The molecule has 0 fully saturated rings. The van der Waals surface area contributed by atoms with Crippen molar-refractivity contribution in [2.75, 3.05) is 5.32 Å². The van der Waals surface area contributed by atoms with Gasteiger partial charge in [0.15, 0.2) is 5.58 Å². The van der Waals surface area contributed by atoms with Gasteiger partial charge in [0.2, 0.25) is 5.89 Å². The molecule has 0 aliphatic heterocycles. The minimum Gasteiger partial charge on any atom is -0.436 e. The summed E-state index contributed by atoms with van der Waals surface area (Å²) < 4.78 is 11.3. The van der Waals surface area contributed by atoms with Gasteiger partial charge in [-0.25, -0.2) is 9.78 Å². The van der Waals surface area contributed by atoms with Crippen LogP contribution in [0.15, 0.2) is 92.5 Å². The fourth-order valence-corrected chi connectivity index (χ4v) is 3.41. The molecule has 0 spiro atoms. The molecule has 0 unspecified atom stereocenters. The van der Waals surface area contributed by atoms with Crippen LogP contribution >= 0.6 is 11.6 Å². The summed E-state index contributed by atoms with van der Waals surface area (Å²) in [5, 5.41) is 3.72. The monoisotopic (exact) mass is 428 g/mol. The largest absolute Gasteiger partial charge is 0.436 e. The average molecular weight is 429 g/mol. The zero-order valence-corrected chi connectivity index (χ0v) is 17.3. The van der Waals surface area contributed by atoms with Crippen molar-refractivity contribution in [2.45, 2.75) is 6.92 Å². The highest BCUT2D eigenvalue weighted by Gasteiger charge is 2.10. The molecule has 5 aromatic rings. The van der Waals surface area contributed by atoms with Crippen molar-refractivity contribution in [2.24, 2.45) is 0 Å². The number of halogens is 1. The van der Waals surface area contributed by atoms with Crippen LogP contribution in [0.4, 0.5) is 11.4 Å². The van der Waals surface area contributed by atoms with Crippen LogP contribution in [0.3, 0.4) is 0 Å². The van der Waals surface area contributed by atoms with Crippen LogP contribution in [0, 0.1) is 6.92 Å². The van der Waals surface area contributed by atoms with E-state index in [2.05, 4.69) is 10.3 Å². The molecular formula is C25H17ClN2O3. The van der Waals surface area contributed by atoms with E-state index in [0.29, 0.717) is 22.4 Å². The van der Waals surface area contributed by atoms with Gasteiger partial charge in [-0.05, 0) is 85.3 Å². The van der Waals surface area contributed by atoms with Crippen LogP contribution in [0.2, 0.25) is 5.02 Å². The molecule has 5 nitrogen and oxygen atoms in total. The van der Waals surface area contributed by atoms with Crippen molar-refractivity contribution in [3.05, 3.63) is 99.9 Å². The molecule has 0 aliphatic carbocycles. The van der Waals surface area contributed by atoms with E-state index in [1.807, 2.05) is 49.4 Å². The molecule has 3 aromatic carbocycles. The number of benzene rings is 3. The molecule has 0 radical (unpaired) electrons. The van der Waals surface area contributed by atoms with E-state index in [0.717, 1.165) is 33.5 Å². The summed E-state index contributed by atoms with van der Waals surface area (Å²) in [6, 6.07) is 24.0. The third-order valence-electron chi connectivity index (χ3n) is 4.91. The van der Waals surface area contributed by atoms with Crippen LogP contribution in [0.1, 0.15) is 5.56 Å². The highest BCUT2D eigenvalue weighted by molar-refractivity contribution is 6.30. The summed E-state index contributed by atoms with van der Waals surface area (Å²) in [5.41, 5.74) is 4.98. The van der Waals surface area contributed by atoms with Crippen molar-refractivity contribution in [1.29, 1.82) is 0 Å². The lowest BCUT2D eigenvalue weighted by Crippen LogP contribution is -2.06. The second kappa shape index (κ2) is 7.78. The van der Waals surface area contributed by atoms with Gasteiger partial charge in [-0.15, -0.1) is 0 Å². The van der Waals surface area contributed by atoms with E-state index in [4.69, 9.17) is 20.4 Å². The molecule has 0 bridgehead atoms. The van der Waals surface area contributed by atoms with Crippen LogP contribution in [0.5, 0.6) is 0 Å². The summed E-state index contributed by atoms with van der Waals surface area (Å²) in [6.45, 7) is 2.01. The Balaban J connectivity index is 1.36. The van der Waals surface area contributed by atoms with Gasteiger partial charge in [0.1, 0.15) is 17.0 Å². The van der Waals surface area contributed by atoms with Crippen molar-refractivity contribution < 1.29 is 8.83 Å². The molecule has 0 saturated heterocycles. The second-order valence-electron chi connectivity index (χ2n) is 7.20. The van der Waals surface area contributed by atoms with Gasteiger partial charge in [0.05, 0.1) is 0 Å². The van der Waals surface area contributed by atoms with Crippen LogP contribution in [0.25, 0.3) is 33.9 Å². The molecule has 31 heavy (non-hydrogen) atoms. The van der Waals surface area contributed by atoms with Gasteiger partial charge in [-0.3, -0.25) is 0 Å². The highest BCUT2D eigenvalue weighted by Crippen LogP contribution is 2.27. The molecule has 2 aromatic heterocycles. The third-order valence-corrected chi connectivity index (χ3v) is 5.16. The maximum absolute atomic E-state index is 12.4. The topological polar surface area (TPSA) is 68.3 Å². The molecule has 152 valence electrons. The number of aryl methyl sites for hydroxylation is 1. The number of hydrogen-bond acceptors (Lipinski definition) is 5. The molecule has 0 saturated carbocycles. The normalized spacial score (nSPS) is 11.0. The predicted octanol–water partition coefficient (Wildman–Crippen LogP) is 6.82. The van der Waals surface area contributed by atoms with E-state index in [1.165, 1.54) is 0 Å². The zero-order valence-electron chi connectivity index (χ0n) is 16.6. The fraction of sp³-hybridized carbons (Fsp3) is 0.0400. The Hall–Kier alpha value is -3.83. The molecule has 5 rings (SSSR count). The summed E-state index contributed by atoms with van der Waals surface area (Å²) in [5.74, 6) is 1.03. The lowest BCUT2D eigenvalue weighted by molar-refractivity contribution is 0.529. The summed E-state index contributed by atoms with van der Waals surface area (Å²) in [6.07, 6.45) is 0. The zero-order chi connectivity index (χ0) is 21.4. The van der Waals surface area contributed by atoms with Crippen molar-refractivity contribution >= 4 is 34.1 Å². The second-order valence-corrected chi connectivity index (χ2v) is 7.64. The van der Waals surface area contributed by atoms with E-state index < -0.39 is 5.63 Å². The van der Waals surface area contributed by atoms with Gasteiger partial charge in [0, 0.05) is 21.8 Å². The Morgan fingerprint density at radius 1 is 0.839 bits per heavy atom. The number of fused-ring (bicyclic) bond motifs is 1. The van der Waals surface area contributed by atoms with Crippen molar-refractivity contribution in [1.82, 2.24) is 4.98 Å². The number of aromatic nitrogens is 1. The van der Waals surface area contributed by atoms with Crippen molar-refractivity contribution in [3.63, 3.8) is 0 Å². The molecule has 0 atom stereocenters. The lowest BCUT2D eigenvalue weighted by atomic mass is 10.1. The average Bonchev–Trinajstić information content (AvgIpc) is 3.19. The Morgan fingerprint density at radius 2 is 1.58 bits per heavy atom. The van der Waals surface area contributed by atoms with E-state index >= 15 is 0 Å². The Bertz CT molecular complexity index is 1430. The van der Waals surface area contributed by atoms with Crippen LogP contribution in [-0.2, 0) is 0 Å². The highest BCUT2D eigenvalue weighted by atomic mass is 35.5. The maximum atomic E-state index is 12.4. The SMILES string of the molecule is Cc1ccc2nc(-c3ccc(Nc4ccc(-c5ccc(Cl)cc5)oc4=O)cc3)oc2c1. The van der Waals surface area contributed by atoms with Gasteiger partial charge >= 0.3 is 5.63 Å². The van der Waals surface area contributed by atoms with Crippen LogP contribution < -0.4 is 10.9 Å². The number of nitrogens with zero attached hydrogens (tertiary/aromatic N) is 1. The minimum absolute atomic E-state index is 0.350. The molecule has 2 heterocycles. The minimum atomic E-state index is -0.453. The van der Waals surface area contributed by atoms with Gasteiger partial charge in [0.25, 0.3) is 0 Å². The Labute approximate surface area is 182 Å². The summed E-state index contributed by atoms with van der Waals surface area (Å²) >= 11 is 5.91. The summed E-state index contributed by atoms with van der Waals surface area (Å²) in [4.78, 5) is 17.0. The van der Waals surface area contributed by atoms with E-state index in [9.17, 15) is 4.79 Å². The quantitative estimate of drug-likeness (QED) is 0.340. The van der Waals surface area contributed by atoms with E-state index in [-0.39, 0.29) is 0 Å². The molecule has 0 amide bonds. The predicted molar refractivity (Wildman–Crippen MR) is 123 cm³/mol. The Morgan fingerprint density at radius 3 is 2.32 bits per heavy atom. The van der Waals surface area contributed by atoms with Crippen molar-refractivity contribution in [3.8, 4) is 22.8 Å². The van der Waals surface area contributed by atoms with Crippen LogP contribution in [-0.4, -0.2) is 4.98 Å². The first-order chi connectivity index (χ1) is 15.0. The molecular weight excluding hydrogens is 412 g/mol. The Kier molecular flexibility index (Phi) is 4.81. The van der Waals surface area contributed by atoms with Gasteiger partial charge in [-0.2, -0.15) is 0 Å². The molecule has 1 N–H and O–H groups in total. The van der Waals surface area contributed by atoms with E-state index in [1.54, 1.807) is 36.4 Å². The third kappa shape index (κ3) is 3.96. The number of anilines is 2. The standard InChI is InChI=1S/C25H17ClN2O3/c1-15-2-11-20-23(14-15)30-24(28-20)17-5-9-19(10-6-17)27-21-12-13-22(31-25(21)29)16-3-7-18(26)8-4-16/h2-14,27H,1H3. The maximum Gasteiger partial charge on any atom is 0.360 e. The van der Waals surface area contributed by atoms with Gasteiger partial charge in [-0.1, -0.05) is 17.7 Å². The number of nitrogens with one attached hydrogen (secondary N) is 1. The lowest BCUT2D eigenvalue weighted by Gasteiger charge is -2.07. The number of oxazole rings is 1.